The van der Waals surface area contributed by atoms with Gasteiger partial charge in [-0.25, -0.2) is 0 Å². The van der Waals surface area contributed by atoms with Crippen LogP contribution in [0.4, 0.5) is 5.69 Å². The van der Waals surface area contributed by atoms with Gasteiger partial charge in [-0.05, 0) is 24.6 Å². The molecule has 3 N–H and O–H groups in total. The minimum absolute atomic E-state index is 0.0744. The Labute approximate surface area is 105 Å². The molecule has 1 aromatic heterocycles. The maximum Gasteiger partial charge on any atom is 0.224 e. The van der Waals surface area contributed by atoms with Crippen molar-refractivity contribution in [3.8, 4) is 0 Å². The number of amides is 1. The predicted octanol–water partition coefficient (Wildman–Crippen LogP) is 1.42. The van der Waals surface area contributed by atoms with Crippen molar-refractivity contribution in [1.82, 2.24) is 10.5 Å². The molecule has 0 aliphatic carbocycles. The number of hydrogen-bond acceptors (Lipinski definition) is 4. The number of benzene rings is 1. The van der Waals surface area contributed by atoms with Crippen molar-refractivity contribution in [1.29, 1.82) is 0 Å². The second kappa shape index (κ2) is 5.35. The van der Waals surface area contributed by atoms with Gasteiger partial charge in [0, 0.05) is 11.8 Å². The maximum atomic E-state index is 11.7. The van der Waals surface area contributed by atoms with Gasteiger partial charge in [0.05, 0.1) is 18.7 Å². The summed E-state index contributed by atoms with van der Waals surface area (Å²) in [4.78, 5) is 11.7. The average Bonchev–Trinajstić information content (AvgIpc) is 2.73. The summed E-state index contributed by atoms with van der Waals surface area (Å²) in [5.41, 5.74) is 8.00. The lowest BCUT2D eigenvalue weighted by Crippen LogP contribution is -2.24. The molecular weight excluding hydrogens is 230 g/mol. The second-order valence-electron chi connectivity index (χ2n) is 4.13. The van der Waals surface area contributed by atoms with Crippen LogP contribution in [0.3, 0.4) is 0 Å². The van der Waals surface area contributed by atoms with Crippen molar-refractivity contribution in [3.05, 3.63) is 47.3 Å². The topological polar surface area (TPSA) is 81.2 Å². The lowest BCUT2D eigenvalue weighted by molar-refractivity contribution is -0.120. The Bertz CT molecular complexity index is 549. The zero-order valence-electron chi connectivity index (χ0n) is 10.1. The fraction of sp³-hybridized carbons (Fsp3) is 0.231. The Morgan fingerprint density at radius 3 is 2.94 bits per heavy atom. The molecule has 0 atom stereocenters. The first-order valence-corrected chi connectivity index (χ1v) is 5.67. The number of rotatable bonds is 4. The highest BCUT2D eigenvalue weighted by Gasteiger charge is 2.06. The smallest absolute Gasteiger partial charge is 0.224 e. The lowest BCUT2D eigenvalue weighted by Gasteiger charge is -2.03. The van der Waals surface area contributed by atoms with E-state index in [1.807, 2.05) is 19.1 Å². The van der Waals surface area contributed by atoms with Gasteiger partial charge in [0.15, 0.2) is 5.76 Å². The van der Waals surface area contributed by atoms with Crippen molar-refractivity contribution in [3.63, 3.8) is 0 Å². The number of carbonyl (C=O) groups excluding carboxylic acids is 1. The Kier molecular flexibility index (Phi) is 3.62. The molecule has 0 spiro atoms. The molecule has 1 heterocycles. The Hall–Kier alpha value is -2.30. The van der Waals surface area contributed by atoms with Crippen LogP contribution in [0, 0.1) is 6.92 Å². The molecule has 1 amide bonds. The molecule has 0 fully saturated rings. The number of nitrogen functional groups attached to an aromatic ring is 1. The van der Waals surface area contributed by atoms with Crippen molar-refractivity contribution >= 4 is 11.6 Å². The number of nitrogens with two attached hydrogens (primary N) is 1. The van der Waals surface area contributed by atoms with E-state index in [2.05, 4.69) is 10.5 Å². The molecule has 18 heavy (non-hydrogen) atoms. The lowest BCUT2D eigenvalue weighted by atomic mass is 10.1. The highest BCUT2D eigenvalue weighted by Crippen LogP contribution is 2.07. The van der Waals surface area contributed by atoms with E-state index in [4.69, 9.17) is 10.3 Å². The Morgan fingerprint density at radius 1 is 1.44 bits per heavy atom. The molecule has 0 saturated heterocycles. The number of nitrogens with one attached hydrogen (secondary N) is 1. The summed E-state index contributed by atoms with van der Waals surface area (Å²) in [6.07, 6.45) is 0.304. The molecule has 0 unspecified atom stereocenters. The minimum atomic E-state index is -0.0744. The fourth-order valence-corrected chi connectivity index (χ4v) is 1.64. The fourth-order valence-electron chi connectivity index (χ4n) is 1.64. The van der Waals surface area contributed by atoms with Crippen LogP contribution in [0.2, 0.25) is 0 Å². The molecule has 0 aliphatic heterocycles. The molecule has 5 nitrogen and oxygen atoms in total. The normalized spacial score (nSPS) is 10.3. The van der Waals surface area contributed by atoms with Gasteiger partial charge in [0.25, 0.3) is 0 Å². The van der Waals surface area contributed by atoms with E-state index in [0.717, 1.165) is 11.3 Å². The summed E-state index contributed by atoms with van der Waals surface area (Å²) in [6.45, 7) is 2.18. The second-order valence-corrected chi connectivity index (χ2v) is 4.13. The standard InChI is InChI=1S/C13H15N3O2/c1-9-5-12(18-16-9)8-15-13(17)7-10-3-2-4-11(14)6-10/h2-6H,7-8,14H2,1H3,(H,15,17). The van der Waals surface area contributed by atoms with Gasteiger partial charge < -0.3 is 15.6 Å². The van der Waals surface area contributed by atoms with Gasteiger partial charge in [0.1, 0.15) is 0 Å². The number of aromatic nitrogens is 1. The van der Waals surface area contributed by atoms with Crippen molar-refractivity contribution in [2.75, 3.05) is 5.73 Å². The van der Waals surface area contributed by atoms with Gasteiger partial charge in [0.2, 0.25) is 5.91 Å². The van der Waals surface area contributed by atoms with Crippen LogP contribution in [0.1, 0.15) is 17.0 Å². The van der Waals surface area contributed by atoms with E-state index in [-0.39, 0.29) is 5.91 Å². The molecule has 2 aromatic rings. The monoisotopic (exact) mass is 245 g/mol. The zero-order chi connectivity index (χ0) is 13.0. The Morgan fingerprint density at radius 2 is 2.28 bits per heavy atom. The van der Waals surface area contributed by atoms with Crippen LogP contribution in [-0.4, -0.2) is 11.1 Å². The third kappa shape index (κ3) is 3.35. The Balaban J connectivity index is 1.85. The van der Waals surface area contributed by atoms with Crippen molar-refractivity contribution < 1.29 is 9.32 Å². The van der Waals surface area contributed by atoms with E-state index in [1.54, 1.807) is 18.2 Å². The molecule has 1 aromatic carbocycles. The third-order valence-electron chi connectivity index (χ3n) is 2.45. The largest absolute Gasteiger partial charge is 0.399 e. The highest BCUT2D eigenvalue weighted by molar-refractivity contribution is 5.78. The van der Waals surface area contributed by atoms with E-state index in [9.17, 15) is 4.79 Å². The molecule has 5 heteroatoms. The van der Waals surface area contributed by atoms with Gasteiger partial charge in [-0.3, -0.25) is 4.79 Å². The zero-order valence-corrected chi connectivity index (χ0v) is 10.1. The van der Waals surface area contributed by atoms with Crippen LogP contribution in [0.5, 0.6) is 0 Å². The van der Waals surface area contributed by atoms with Crippen LogP contribution >= 0.6 is 0 Å². The highest BCUT2D eigenvalue weighted by atomic mass is 16.5. The summed E-state index contributed by atoms with van der Waals surface area (Å²) in [5, 5.41) is 6.51. The average molecular weight is 245 g/mol. The first kappa shape index (κ1) is 12.2. The van der Waals surface area contributed by atoms with E-state index in [1.165, 1.54) is 0 Å². The number of aryl methyl sites for hydroxylation is 1. The van der Waals surface area contributed by atoms with E-state index >= 15 is 0 Å². The first-order chi connectivity index (χ1) is 8.63. The van der Waals surface area contributed by atoms with Crippen LogP contribution < -0.4 is 11.1 Å². The number of carbonyl (C=O) groups is 1. The van der Waals surface area contributed by atoms with Gasteiger partial charge in [-0.15, -0.1) is 0 Å². The number of hydrogen-bond donors (Lipinski definition) is 2. The SMILES string of the molecule is Cc1cc(CNC(=O)Cc2cccc(N)c2)on1. The first-order valence-electron chi connectivity index (χ1n) is 5.67. The molecule has 94 valence electrons. The quantitative estimate of drug-likeness (QED) is 0.798. The van der Waals surface area contributed by atoms with Gasteiger partial charge in [-0.2, -0.15) is 0 Å². The van der Waals surface area contributed by atoms with Crippen molar-refractivity contribution in [2.45, 2.75) is 19.9 Å². The minimum Gasteiger partial charge on any atom is -0.399 e. The van der Waals surface area contributed by atoms with E-state index < -0.39 is 0 Å². The summed E-state index contributed by atoms with van der Waals surface area (Å²) in [5.74, 6) is 0.572. The van der Waals surface area contributed by atoms with Crippen LogP contribution in [-0.2, 0) is 17.8 Å². The van der Waals surface area contributed by atoms with Crippen LogP contribution in [0.25, 0.3) is 0 Å². The van der Waals surface area contributed by atoms with Crippen LogP contribution in [0.15, 0.2) is 34.9 Å². The summed E-state index contributed by atoms with van der Waals surface area (Å²) in [7, 11) is 0. The molecule has 2 rings (SSSR count). The molecule has 0 radical (unpaired) electrons. The number of anilines is 1. The third-order valence-corrected chi connectivity index (χ3v) is 2.45. The van der Waals surface area contributed by atoms with E-state index in [0.29, 0.717) is 24.4 Å². The van der Waals surface area contributed by atoms with Gasteiger partial charge >= 0.3 is 0 Å². The number of nitrogens with zero attached hydrogens (tertiary/aromatic N) is 1. The molecule has 0 saturated carbocycles. The molecular formula is C13H15N3O2. The maximum absolute atomic E-state index is 11.7. The molecule has 0 aliphatic rings. The summed E-state index contributed by atoms with van der Waals surface area (Å²) < 4.78 is 5.00. The summed E-state index contributed by atoms with van der Waals surface area (Å²) in [6, 6.07) is 9.07. The summed E-state index contributed by atoms with van der Waals surface area (Å²) >= 11 is 0. The predicted molar refractivity (Wildman–Crippen MR) is 67.6 cm³/mol. The van der Waals surface area contributed by atoms with Crippen molar-refractivity contribution in [2.24, 2.45) is 0 Å². The molecule has 0 bridgehead atoms. The van der Waals surface area contributed by atoms with Gasteiger partial charge in [-0.1, -0.05) is 17.3 Å².